The van der Waals surface area contributed by atoms with Crippen LogP contribution in [0, 0.1) is 5.41 Å². The summed E-state index contributed by atoms with van der Waals surface area (Å²) in [6, 6.07) is 4.31. The Morgan fingerprint density at radius 1 is 1.20 bits per heavy atom. The fourth-order valence-electron chi connectivity index (χ4n) is 1.91. The highest BCUT2D eigenvalue weighted by Gasteiger charge is 2.46. The number of ether oxygens (including phenoxy) is 2. The van der Waals surface area contributed by atoms with Gasteiger partial charge in [-0.15, -0.1) is 0 Å². The Kier molecular flexibility index (Phi) is 2.89. The molecule has 1 fully saturated rings. The first-order valence-electron chi connectivity index (χ1n) is 6.38. The third kappa shape index (κ3) is 2.33. The minimum absolute atomic E-state index is 0.000602. The molecule has 1 saturated carbocycles. The third-order valence-electron chi connectivity index (χ3n) is 3.60. The van der Waals surface area contributed by atoms with Crippen LogP contribution in [0.15, 0.2) is 23.1 Å². The van der Waals surface area contributed by atoms with Crippen molar-refractivity contribution in [1.82, 2.24) is 4.72 Å². The maximum absolute atomic E-state index is 12.2. The van der Waals surface area contributed by atoms with E-state index in [9.17, 15) is 13.2 Å². The van der Waals surface area contributed by atoms with Crippen LogP contribution in [0.4, 0.5) is 0 Å². The van der Waals surface area contributed by atoms with E-state index in [0.717, 1.165) is 12.8 Å². The van der Waals surface area contributed by atoms with Crippen LogP contribution >= 0.6 is 0 Å². The van der Waals surface area contributed by atoms with Crippen molar-refractivity contribution in [2.45, 2.75) is 24.7 Å². The molecule has 0 saturated heterocycles. The summed E-state index contributed by atoms with van der Waals surface area (Å²) >= 11 is 0. The summed E-state index contributed by atoms with van der Waals surface area (Å²) in [5.41, 5.74) is -0.541. The van der Waals surface area contributed by atoms with Gasteiger partial charge in [-0.2, -0.15) is 0 Å². The van der Waals surface area contributed by atoms with Crippen LogP contribution in [-0.4, -0.2) is 27.5 Å². The van der Waals surface area contributed by atoms with Crippen LogP contribution in [0.3, 0.4) is 0 Å². The number of nitrogens with one attached hydrogen (secondary N) is 1. The maximum atomic E-state index is 12.2. The lowest BCUT2D eigenvalue weighted by Crippen LogP contribution is -2.35. The standard InChI is InChI=1S/C13H15NO5S/c1-13(4-5-13)12(15)14-20(16,17)9-2-3-10-11(8-9)19-7-6-18-10/h2-3,8H,4-7H2,1H3,(H,14,15). The number of hydrogen-bond acceptors (Lipinski definition) is 5. The van der Waals surface area contributed by atoms with Gasteiger partial charge in [0.2, 0.25) is 5.91 Å². The molecular weight excluding hydrogens is 282 g/mol. The summed E-state index contributed by atoms with van der Waals surface area (Å²) < 4.78 is 37.1. The average molecular weight is 297 g/mol. The molecular formula is C13H15NO5S. The number of sulfonamides is 1. The number of amides is 1. The molecule has 1 aromatic rings. The molecule has 0 unspecified atom stereocenters. The van der Waals surface area contributed by atoms with E-state index in [1.165, 1.54) is 18.2 Å². The van der Waals surface area contributed by atoms with Crippen LogP contribution in [0.1, 0.15) is 19.8 Å². The molecule has 1 amide bonds. The van der Waals surface area contributed by atoms with Crippen molar-refractivity contribution in [3.8, 4) is 11.5 Å². The summed E-state index contributed by atoms with van der Waals surface area (Å²) in [5.74, 6) is 0.437. The van der Waals surface area contributed by atoms with Crippen LogP contribution in [0.5, 0.6) is 11.5 Å². The van der Waals surface area contributed by atoms with Gasteiger partial charge in [0, 0.05) is 11.5 Å². The van der Waals surface area contributed by atoms with Gasteiger partial charge in [-0.1, -0.05) is 6.92 Å². The van der Waals surface area contributed by atoms with Crippen molar-refractivity contribution in [1.29, 1.82) is 0 Å². The minimum atomic E-state index is -3.87. The summed E-state index contributed by atoms with van der Waals surface area (Å²) in [6.07, 6.45) is 1.44. The summed E-state index contributed by atoms with van der Waals surface area (Å²) in [5, 5.41) is 0. The molecule has 0 aromatic heterocycles. The van der Waals surface area contributed by atoms with Gasteiger partial charge in [-0.05, 0) is 25.0 Å². The fourth-order valence-corrected chi connectivity index (χ4v) is 3.03. The molecule has 3 rings (SSSR count). The SMILES string of the molecule is CC1(C(=O)NS(=O)(=O)c2ccc3c(c2)OCCO3)CC1. The monoisotopic (exact) mass is 297 g/mol. The van der Waals surface area contributed by atoms with Crippen LogP contribution in [0.2, 0.25) is 0 Å². The molecule has 1 N–H and O–H groups in total. The van der Waals surface area contributed by atoms with Crippen molar-refractivity contribution in [2.24, 2.45) is 5.41 Å². The lowest BCUT2D eigenvalue weighted by atomic mass is 10.1. The number of rotatable bonds is 3. The van der Waals surface area contributed by atoms with E-state index < -0.39 is 21.3 Å². The lowest BCUT2D eigenvalue weighted by molar-refractivity contribution is -0.123. The van der Waals surface area contributed by atoms with E-state index in [4.69, 9.17) is 9.47 Å². The van der Waals surface area contributed by atoms with E-state index in [2.05, 4.69) is 4.72 Å². The van der Waals surface area contributed by atoms with Gasteiger partial charge >= 0.3 is 0 Å². The van der Waals surface area contributed by atoms with E-state index in [-0.39, 0.29) is 4.90 Å². The molecule has 2 aliphatic rings. The molecule has 6 nitrogen and oxygen atoms in total. The van der Waals surface area contributed by atoms with Gasteiger partial charge < -0.3 is 9.47 Å². The Morgan fingerprint density at radius 3 is 2.50 bits per heavy atom. The van der Waals surface area contributed by atoms with E-state index in [0.29, 0.717) is 24.7 Å². The van der Waals surface area contributed by atoms with Gasteiger partial charge in [0.05, 0.1) is 4.90 Å². The second kappa shape index (κ2) is 4.37. The zero-order chi connectivity index (χ0) is 14.4. The molecule has 7 heteroatoms. The topological polar surface area (TPSA) is 81.7 Å². The predicted molar refractivity (Wildman–Crippen MR) is 70.1 cm³/mol. The number of carbonyl (C=O) groups excluding carboxylic acids is 1. The van der Waals surface area contributed by atoms with Gasteiger partial charge in [0.25, 0.3) is 10.0 Å². The number of fused-ring (bicyclic) bond motifs is 1. The summed E-state index contributed by atoms with van der Waals surface area (Å²) in [6.45, 7) is 2.57. The quantitative estimate of drug-likeness (QED) is 0.902. The first kappa shape index (κ1) is 13.2. The van der Waals surface area contributed by atoms with Crippen molar-refractivity contribution in [3.05, 3.63) is 18.2 Å². The lowest BCUT2D eigenvalue weighted by Gasteiger charge is -2.19. The Hall–Kier alpha value is -1.76. The molecule has 1 aliphatic heterocycles. The summed E-state index contributed by atoms with van der Waals surface area (Å²) in [4.78, 5) is 11.9. The van der Waals surface area contributed by atoms with Gasteiger partial charge in [-0.25, -0.2) is 13.1 Å². The van der Waals surface area contributed by atoms with Crippen molar-refractivity contribution < 1.29 is 22.7 Å². The highest BCUT2D eigenvalue weighted by atomic mass is 32.2. The highest BCUT2D eigenvalue weighted by Crippen LogP contribution is 2.45. The summed E-state index contributed by atoms with van der Waals surface area (Å²) in [7, 11) is -3.87. The number of hydrogen-bond donors (Lipinski definition) is 1. The van der Waals surface area contributed by atoms with E-state index in [1.54, 1.807) is 6.92 Å². The molecule has 0 radical (unpaired) electrons. The molecule has 0 spiro atoms. The first-order chi connectivity index (χ1) is 9.41. The average Bonchev–Trinajstić information content (AvgIpc) is 3.17. The molecule has 1 heterocycles. The largest absolute Gasteiger partial charge is 0.486 e. The van der Waals surface area contributed by atoms with Crippen LogP contribution in [-0.2, 0) is 14.8 Å². The Morgan fingerprint density at radius 2 is 1.85 bits per heavy atom. The second-order valence-corrected chi connectivity index (χ2v) is 6.98. The fraction of sp³-hybridized carbons (Fsp3) is 0.462. The molecule has 20 heavy (non-hydrogen) atoms. The molecule has 108 valence electrons. The third-order valence-corrected chi connectivity index (χ3v) is 4.93. The van der Waals surface area contributed by atoms with Gasteiger partial charge in [-0.3, -0.25) is 4.79 Å². The van der Waals surface area contributed by atoms with E-state index >= 15 is 0 Å². The Bertz CT molecular complexity index is 663. The van der Waals surface area contributed by atoms with Gasteiger partial charge in [0.1, 0.15) is 13.2 Å². The van der Waals surface area contributed by atoms with Crippen molar-refractivity contribution >= 4 is 15.9 Å². The van der Waals surface area contributed by atoms with E-state index in [1.807, 2.05) is 0 Å². The minimum Gasteiger partial charge on any atom is -0.486 e. The first-order valence-corrected chi connectivity index (χ1v) is 7.86. The zero-order valence-electron chi connectivity index (χ0n) is 11.0. The normalized spacial score (nSPS) is 19.2. The molecule has 1 aromatic carbocycles. The second-order valence-electron chi connectivity index (χ2n) is 5.30. The molecule has 0 bridgehead atoms. The van der Waals surface area contributed by atoms with Gasteiger partial charge in [0.15, 0.2) is 11.5 Å². The Balaban J connectivity index is 1.85. The van der Waals surface area contributed by atoms with Crippen molar-refractivity contribution in [2.75, 3.05) is 13.2 Å². The molecule has 1 aliphatic carbocycles. The number of benzene rings is 1. The highest BCUT2D eigenvalue weighted by molar-refractivity contribution is 7.90. The predicted octanol–water partition coefficient (Wildman–Crippen LogP) is 1.06. The Labute approximate surface area is 117 Å². The molecule has 0 atom stereocenters. The van der Waals surface area contributed by atoms with Crippen LogP contribution in [0.25, 0.3) is 0 Å². The smallest absolute Gasteiger partial charge is 0.264 e. The zero-order valence-corrected chi connectivity index (χ0v) is 11.8. The van der Waals surface area contributed by atoms with Crippen LogP contribution < -0.4 is 14.2 Å². The maximum Gasteiger partial charge on any atom is 0.264 e. The van der Waals surface area contributed by atoms with Crippen molar-refractivity contribution in [3.63, 3.8) is 0 Å². The number of carbonyl (C=O) groups is 1.